The summed E-state index contributed by atoms with van der Waals surface area (Å²) in [5.41, 5.74) is 8.51. The number of benzene rings is 1. The summed E-state index contributed by atoms with van der Waals surface area (Å²) in [6.45, 7) is 7.64. The van der Waals surface area contributed by atoms with Gasteiger partial charge in [-0.05, 0) is 50.3 Å². The third-order valence-electron chi connectivity index (χ3n) is 4.60. The quantitative estimate of drug-likeness (QED) is 0.557. The van der Waals surface area contributed by atoms with E-state index in [9.17, 15) is 0 Å². The fraction of sp³-hybridized carbons (Fsp3) is 0.500. The van der Waals surface area contributed by atoms with Gasteiger partial charge < -0.3 is 20.5 Å². The number of nitrogens with zero attached hydrogens (tertiary/aromatic N) is 3. The van der Waals surface area contributed by atoms with Gasteiger partial charge in [-0.3, -0.25) is 0 Å². The normalized spacial score (nSPS) is 15.1. The first-order chi connectivity index (χ1) is 13.0. The standard InChI is InChI=1S/C20H28N4O2S/c1-20(2,27-13-3-10-25)17-14-18(24-8-11-26-12-9-24)23-19(22-17)15-4-6-16(21)7-5-15/h4-7,14,25H,3,8-13,21H2,1-2H3. The Hall–Kier alpha value is -1.83. The van der Waals surface area contributed by atoms with Crippen LogP contribution in [-0.4, -0.2) is 53.7 Å². The molecule has 6 nitrogen and oxygen atoms in total. The van der Waals surface area contributed by atoms with Crippen molar-refractivity contribution in [3.05, 3.63) is 36.0 Å². The van der Waals surface area contributed by atoms with E-state index in [1.165, 1.54) is 0 Å². The second kappa shape index (κ2) is 8.91. The van der Waals surface area contributed by atoms with E-state index in [1.807, 2.05) is 24.3 Å². The smallest absolute Gasteiger partial charge is 0.161 e. The molecule has 0 bridgehead atoms. The number of aromatic nitrogens is 2. The second-order valence-corrected chi connectivity index (χ2v) is 8.81. The first kappa shape index (κ1) is 19.9. The molecule has 0 amide bonds. The van der Waals surface area contributed by atoms with E-state index in [4.69, 9.17) is 25.5 Å². The number of nitrogen functional groups attached to an aromatic ring is 1. The molecule has 0 radical (unpaired) electrons. The summed E-state index contributed by atoms with van der Waals surface area (Å²) in [6.07, 6.45) is 0.778. The van der Waals surface area contributed by atoms with Gasteiger partial charge >= 0.3 is 0 Å². The van der Waals surface area contributed by atoms with E-state index < -0.39 is 0 Å². The zero-order valence-electron chi connectivity index (χ0n) is 16.0. The van der Waals surface area contributed by atoms with Crippen LogP contribution in [0.5, 0.6) is 0 Å². The van der Waals surface area contributed by atoms with Gasteiger partial charge in [0.2, 0.25) is 0 Å². The molecule has 3 N–H and O–H groups in total. The molecule has 0 aliphatic carbocycles. The molecule has 2 heterocycles. The summed E-state index contributed by atoms with van der Waals surface area (Å²) < 4.78 is 5.31. The van der Waals surface area contributed by atoms with Crippen molar-refractivity contribution in [3.63, 3.8) is 0 Å². The molecule has 2 aromatic rings. The Morgan fingerprint density at radius 1 is 1.19 bits per heavy atom. The summed E-state index contributed by atoms with van der Waals surface area (Å²) in [5, 5.41) is 9.10. The zero-order chi connectivity index (χ0) is 19.3. The number of hydrogen-bond donors (Lipinski definition) is 2. The van der Waals surface area contributed by atoms with Crippen LogP contribution >= 0.6 is 11.8 Å². The van der Waals surface area contributed by atoms with Crippen molar-refractivity contribution in [2.45, 2.75) is 25.0 Å². The van der Waals surface area contributed by atoms with Crippen LogP contribution in [0.1, 0.15) is 26.0 Å². The van der Waals surface area contributed by atoms with Crippen LogP contribution in [-0.2, 0) is 9.48 Å². The van der Waals surface area contributed by atoms with E-state index in [0.717, 1.165) is 48.0 Å². The number of anilines is 2. The fourth-order valence-electron chi connectivity index (χ4n) is 2.92. The van der Waals surface area contributed by atoms with Gasteiger partial charge in [0, 0.05) is 37.0 Å². The molecule has 7 heteroatoms. The third kappa shape index (κ3) is 5.12. The molecular weight excluding hydrogens is 360 g/mol. The first-order valence-electron chi connectivity index (χ1n) is 9.32. The largest absolute Gasteiger partial charge is 0.399 e. The summed E-state index contributed by atoms with van der Waals surface area (Å²) in [4.78, 5) is 12.0. The van der Waals surface area contributed by atoms with Crippen LogP contribution < -0.4 is 10.6 Å². The van der Waals surface area contributed by atoms with Crippen LogP contribution in [0.4, 0.5) is 11.5 Å². The Balaban J connectivity index is 1.98. The van der Waals surface area contributed by atoms with Crippen LogP contribution in [0.3, 0.4) is 0 Å². The number of ether oxygens (including phenoxy) is 1. The van der Waals surface area contributed by atoms with Gasteiger partial charge in [-0.15, -0.1) is 11.8 Å². The first-order valence-corrected chi connectivity index (χ1v) is 10.3. The van der Waals surface area contributed by atoms with Crippen molar-refractivity contribution in [1.29, 1.82) is 0 Å². The number of hydrogen-bond acceptors (Lipinski definition) is 7. The third-order valence-corrected chi connectivity index (χ3v) is 6.02. The lowest BCUT2D eigenvalue weighted by Gasteiger charge is -2.30. The van der Waals surface area contributed by atoms with E-state index in [0.29, 0.717) is 19.0 Å². The Morgan fingerprint density at radius 3 is 2.56 bits per heavy atom. The van der Waals surface area contributed by atoms with Crippen molar-refractivity contribution < 1.29 is 9.84 Å². The minimum absolute atomic E-state index is 0.179. The minimum Gasteiger partial charge on any atom is -0.399 e. The van der Waals surface area contributed by atoms with Gasteiger partial charge in [0.1, 0.15) is 5.82 Å². The summed E-state index contributed by atoms with van der Waals surface area (Å²) in [6, 6.07) is 9.77. The Morgan fingerprint density at radius 2 is 1.89 bits per heavy atom. The molecule has 0 spiro atoms. The molecule has 1 aliphatic rings. The van der Waals surface area contributed by atoms with E-state index in [-0.39, 0.29) is 11.4 Å². The number of morpholine rings is 1. The molecule has 1 saturated heterocycles. The van der Waals surface area contributed by atoms with Crippen LogP contribution in [0, 0.1) is 0 Å². The van der Waals surface area contributed by atoms with Crippen molar-refractivity contribution in [3.8, 4) is 11.4 Å². The Labute approximate surface area is 165 Å². The number of aliphatic hydroxyl groups is 1. The molecule has 0 unspecified atom stereocenters. The highest BCUT2D eigenvalue weighted by Gasteiger charge is 2.26. The Kier molecular flexibility index (Phi) is 6.57. The number of thioether (sulfide) groups is 1. The van der Waals surface area contributed by atoms with Crippen LogP contribution in [0.25, 0.3) is 11.4 Å². The van der Waals surface area contributed by atoms with Gasteiger partial charge in [0.05, 0.1) is 23.7 Å². The SMILES string of the molecule is CC(C)(SCCCO)c1cc(N2CCOCC2)nc(-c2ccc(N)cc2)n1. The molecule has 146 valence electrons. The predicted octanol–water partition coefficient (Wildman–Crippen LogP) is 2.91. The molecule has 1 aliphatic heterocycles. The second-order valence-electron chi connectivity index (χ2n) is 7.09. The number of rotatable bonds is 7. The van der Waals surface area contributed by atoms with E-state index in [1.54, 1.807) is 11.8 Å². The fourth-order valence-corrected chi connectivity index (χ4v) is 3.96. The molecule has 1 aromatic heterocycles. The maximum atomic E-state index is 9.10. The van der Waals surface area contributed by atoms with Gasteiger partial charge in [0.15, 0.2) is 5.82 Å². The molecule has 27 heavy (non-hydrogen) atoms. The highest BCUT2D eigenvalue weighted by molar-refractivity contribution is 8.00. The van der Waals surface area contributed by atoms with Crippen LogP contribution in [0.15, 0.2) is 30.3 Å². The summed E-state index contributed by atoms with van der Waals surface area (Å²) in [7, 11) is 0. The maximum absolute atomic E-state index is 9.10. The zero-order valence-corrected chi connectivity index (χ0v) is 16.8. The van der Waals surface area contributed by atoms with Gasteiger partial charge in [-0.25, -0.2) is 9.97 Å². The lowest BCUT2D eigenvalue weighted by atomic mass is 10.1. The van der Waals surface area contributed by atoms with Crippen molar-refractivity contribution in [2.24, 2.45) is 0 Å². The number of nitrogens with two attached hydrogens (primary N) is 1. The topological polar surface area (TPSA) is 84.5 Å². The molecular formula is C20H28N4O2S. The minimum atomic E-state index is -0.179. The van der Waals surface area contributed by atoms with Gasteiger partial charge in [-0.2, -0.15) is 0 Å². The number of aliphatic hydroxyl groups excluding tert-OH is 1. The highest BCUT2D eigenvalue weighted by atomic mass is 32.2. The Bertz CT molecular complexity index is 746. The van der Waals surface area contributed by atoms with Gasteiger partial charge in [-0.1, -0.05) is 0 Å². The summed E-state index contributed by atoms with van der Waals surface area (Å²) >= 11 is 1.80. The molecule has 1 fully saturated rings. The van der Waals surface area contributed by atoms with E-state index >= 15 is 0 Å². The lowest BCUT2D eigenvalue weighted by Crippen LogP contribution is -2.37. The average Bonchev–Trinajstić information content (AvgIpc) is 2.69. The van der Waals surface area contributed by atoms with Crippen molar-refractivity contribution >= 4 is 23.3 Å². The van der Waals surface area contributed by atoms with Crippen LogP contribution in [0.2, 0.25) is 0 Å². The molecule has 0 saturated carbocycles. The predicted molar refractivity (Wildman–Crippen MR) is 112 cm³/mol. The lowest BCUT2D eigenvalue weighted by molar-refractivity contribution is 0.122. The molecule has 0 atom stereocenters. The average molecular weight is 389 g/mol. The van der Waals surface area contributed by atoms with Gasteiger partial charge in [0.25, 0.3) is 0 Å². The molecule has 1 aromatic carbocycles. The van der Waals surface area contributed by atoms with Crippen molar-refractivity contribution in [2.75, 3.05) is 49.3 Å². The highest BCUT2D eigenvalue weighted by Crippen LogP contribution is 2.37. The van der Waals surface area contributed by atoms with E-state index in [2.05, 4.69) is 24.8 Å². The monoisotopic (exact) mass is 388 g/mol. The molecule has 3 rings (SSSR count). The maximum Gasteiger partial charge on any atom is 0.161 e. The summed E-state index contributed by atoms with van der Waals surface area (Å²) in [5.74, 6) is 2.54. The van der Waals surface area contributed by atoms with Crippen molar-refractivity contribution in [1.82, 2.24) is 9.97 Å².